The van der Waals surface area contributed by atoms with Crippen molar-refractivity contribution < 1.29 is 22.7 Å². The minimum atomic E-state index is -3.98. The van der Waals surface area contributed by atoms with Crippen LogP contribution in [0.2, 0.25) is 0 Å². The Morgan fingerprint density at radius 3 is 2.60 bits per heavy atom. The Bertz CT molecular complexity index is 1020. The summed E-state index contributed by atoms with van der Waals surface area (Å²) >= 11 is 0. The Balaban J connectivity index is 1.53. The molecule has 2 aromatic carbocycles. The summed E-state index contributed by atoms with van der Waals surface area (Å²) in [6.07, 6.45) is 4.56. The first kappa shape index (κ1) is 21.8. The van der Waals surface area contributed by atoms with Gasteiger partial charge in [-0.25, -0.2) is 8.42 Å². The number of amides is 2. The number of anilines is 1. The van der Waals surface area contributed by atoms with E-state index in [9.17, 15) is 18.0 Å². The second-order valence-electron chi connectivity index (χ2n) is 7.04. The van der Waals surface area contributed by atoms with E-state index in [2.05, 4.69) is 22.5 Å². The van der Waals surface area contributed by atoms with Crippen molar-refractivity contribution in [2.75, 3.05) is 11.9 Å². The Kier molecular flexibility index (Phi) is 7.07. The van der Waals surface area contributed by atoms with E-state index in [4.69, 9.17) is 4.74 Å². The van der Waals surface area contributed by atoms with Gasteiger partial charge in [0, 0.05) is 11.3 Å². The molecule has 0 spiro atoms. The molecule has 0 atom stereocenters. The number of nitrogens with one attached hydrogen (secondary N) is 3. The molecule has 3 rings (SSSR count). The van der Waals surface area contributed by atoms with Crippen molar-refractivity contribution in [1.82, 2.24) is 10.3 Å². The van der Waals surface area contributed by atoms with Gasteiger partial charge in [0.1, 0.15) is 5.75 Å². The van der Waals surface area contributed by atoms with E-state index < -0.39 is 15.9 Å². The number of rotatable bonds is 10. The Labute approximate surface area is 176 Å². The lowest BCUT2D eigenvalue weighted by molar-refractivity contribution is -0.115. The fourth-order valence-electron chi connectivity index (χ4n) is 3.04. The molecule has 0 radical (unpaired) electrons. The van der Waals surface area contributed by atoms with E-state index in [0.29, 0.717) is 29.2 Å². The summed E-state index contributed by atoms with van der Waals surface area (Å²) in [6, 6.07) is 10.8. The number of unbranched alkanes of at least 4 members (excludes halogenated alkanes) is 3. The van der Waals surface area contributed by atoms with Gasteiger partial charge in [0.05, 0.1) is 17.9 Å². The summed E-state index contributed by atoms with van der Waals surface area (Å²) in [4.78, 5) is 25.7. The molecule has 0 saturated heterocycles. The molecule has 3 N–H and O–H groups in total. The third kappa shape index (κ3) is 5.58. The van der Waals surface area contributed by atoms with Gasteiger partial charge >= 0.3 is 0 Å². The molecule has 0 aromatic heterocycles. The predicted molar refractivity (Wildman–Crippen MR) is 113 cm³/mol. The number of carbonyl (C=O) groups excluding carboxylic acids is 2. The Morgan fingerprint density at radius 2 is 1.87 bits per heavy atom. The molecule has 8 nitrogen and oxygen atoms in total. The average molecular weight is 432 g/mol. The maximum absolute atomic E-state index is 12.4. The fourth-order valence-corrected chi connectivity index (χ4v) is 3.93. The molecule has 0 bridgehead atoms. The number of carbonyl (C=O) groups is 2. The highest BCUT2D eigenvalue weighted by atomic mass is 32.2. The van der Waals surface area contributed by atoms with Crippen molar-refractivity contribution in [3.8, 4) is 5.75 Å². The van der Waals surface area contributed by atoms with Crippen molar-refractivity contribution >= 4 is 27.5 Å². The van der Waals surface area contributed by atoms with Crippen LogP contribution in [0.15, 0.2) is 47.4 Å². The van der Waals surface area contributed by atoms with Crippen LogP contribution in [0.25, 0.3) is 0 Å². The lowest BCUT2D eigenvalue weighted by Crippen LogP contribution is -2.41. The third-order valence-corrected chi connectivity index (χ3v) is 5.94. The second kappa shape index (κ2) is 9.73. The zero-order valence-corrected chi connectivity index (χ0v) is 17.6. The highest BCUT2D eigenvalue weighted by Gasteiger charge is 2.22. The second-order valence-corrected chi connectivity index (χ2v) is 8.72. The van der Waals surface area contributed by atoms with Crippen molar-refractivity contribution in [2.24, 2.45) is 0 Å². The van der Waals surface area contributed by atoms with Crippen LogP contribution in [0.3, 0.4) is 0 Å². The SMILES string of the molecule is CCCCCCOc1ccc(C(=O)NNS(=O)(=O)c2ccc3c(c2)CC(=O)N3)cc1. The summed E-state index contributed by atoms with van der Waals surface area (Å²) in [5, 5.41) is 2.64. The van der Waals surface area contributed by atoms with E-state index in [1.165, 1.54) is 24.6 Å². The number of fused-ring (bicyclic) bond motifs is 1. The van der Waals surface area contributed by atoms with Gasteiger partial charge in [0.2, 0.25) is 5.91 Å². The molecule has 0 saturated carbocycles. The monoisotopic (exact) mass is 431 g/mol. The zero-order valence-electron chi connectivity index (χ0n) is 16.7. The van der Waals surface area contributed by atoms with Crippen LogP contribution in [-0.2, 0) is 21.2 Å². The van der Waals surface area contributed by atoms with Crippen LogP contribution in [0, 0.1) is 0 Å². The van der Waals surface area contributed by atoms with Gasteiger partial charge < -0.3 is 10.1 Å². The van der Waals surface area contributed by atoms with Crippen LogP contribution < -0.4 is 20.3 Å². The molecule has 1 aliphatic heterocycles. The summed E-state index contributed by atoms with van der Waals surface area (Å²) in [7, 11) is -3.98. The van der Waals surface area contributed by atoms with E-state index >= 15 is 0 Å². The van der Waals surface area contributed by atoms with Gasteiger partial charge in [-0.3, -0.25) is 15.0 Å². The summed E-state index contributed by atoms with van der Waals surface area (Å²) in [5.41, 5.74) is 3.68. The fraction of sp³-hybridized carbons (Fsp3) is 0.333. The van der Waals surface area contributed by atoms with Gasteiger partial charge in [0.15, 0.2) is 0 Å². The van der Waals surface area contributed by atoms with Crippen LogP contribution >= 0.6 is 0 Å². The number of hydrogen-bond acceptors (Lipinski definition) is 5. The highest BCUT2D eigenvalue weighted by molar-refractivity contribution is 7.89. The minimum Gasteiger partial charge on any atom is -0.494 e. The molecule has 160 valence electrons. The zero-order chi connectivity index (χ0) is 21.6. The standard InChI is InChI=1S/C21H25N3O5S/c1-2-3-4-5-12-29-17-8-6-15(7-9-17)21(26)23-24-30(27,28)18-10-11-19-16(13-18)14-20(25)22-19/h6-11,13,24H,2-5,12,14H2,1H3,(H,22,25)(H,23,26). The number of benzene rings is 2. The molecule has 0 fully saturated rings. The topological polar surface area (TPSA) is 114 Å². The maximum Gasteiger partial charge on any atom is 0.266 e. The van der Waals surface area contributed by atoms with E-state index in [-0.39, 0.29) is 17.2 Å². The lowest BCUT2D eigenvalue weighted by atomic mass is 10.2. The van der Waals surface area contributed by atoms with Crippen LogP contribution in [0.4, 0.5) is 5.69 Å². The maximum atomic E-state index is 12.4. The van der Waals surface area contributed by atoms with Crippen LogP contribution in [0.5, 0.6) is 5.75 Å². The van der Waals surface area contributed by atoms with E-state index in [0.717, 1.165) is 19.3 Å². The minimum absolute atomic E-state index is 0.0372. The van der Waals surface area contributed by atoms with Gasteiger partial charge in [-0.15, -0.1) is 4.83 Å². The van der Waals surface area contributed by atoms with Crippen molar-refractivity contribution in [1.29, 1.82) is 0 Å². The number of hydrazine groups is 1. The number of sulfonamides is 1. The normalized spacial score (nSPS) is 12.9. The van der Waals surface area contributed by atoms with Crippen molar-refractivity contribution in [3.05, 3.63) is 53.6 Å². The first-order valence-corrected chi connectivity index (χ1v) is 11.3. The molecule has 9 heteroatoms. The molecule has 1 aliphatic rings. The molecule has 0 aliphatic carbocycles. The molecule has 2 aromatic rings. The van der Waals surface area contributed by atoms with Gasteiger partial charge in [0.25, 0.3) is 15.9 Å². The average Bonchev–Trinajstić information content (AvgIpc) is 3.11. The third-order valence-electron chi connectivity index (χ3n) is 4.69. The molecular formula is C21H25N3O5S. The van der Waals surface area contributed by atoms with E-state index in [1.54, 1.807) is 24.3 Å². The van der Waals surface area contributed by atoms with Gasteiger partial charge in [-0.1, -0.05) is 26.2 Å². The Morgan fingerprint density at radius 1 is 1.10 bits per heavy atom. The molecule has 1 heterocycles. The van der Waals surface area contributed by atoms with Crippen LogP contribution in [0.1, 0.15) is 48.5 Å². The van der Waals surface area contributed by atoms with Crippen molar-refractivity contribution in [3.63, 3.8) is 0 Å². The summed E-state index contributed by atoms with van der Waals surface area (Å²) in [5.74, 6) is -0.120. The predicted octanol–water partition coefficient (Wildman–Crippen LogP) is 2.76. The quantitative estimate of drug-likeness (QED) is 0.395. The van der Waals surface area contributed by atoms with Crippen LogP contribution in [-0.4, -0.2) is 26.8 Å². The van der Waals surface area contributed by atoms with Gasteiger partial charge in [-0.2, -0.15) is 0 Å². The Hall–Kier alpha value is -2.91. The number of ether oxygens (including phenoxy) is 1. The first-order valence-electron chi connectivity index (χ1n) is 9.87. The molecule has 30 heavy (non-hydrogen) atoms. The van der Waals surface area contributed by atoms with Gasteiger partial charge in [-0.05, 0) is 54.4 Å². The summed E-state index contributed by atoms with van der Waals surface area (Å²) in [6.45, 7) is 2.77. The van der Waals surface area contributed by atoms with E-state index in [1.807, 2.05) is 0 Å². The highest BCUT2D eigenvalue weighted by Crippen LogP contribution is 2.25. The van der Waals surface area contributed by atoms with Crippen molar-refractivity contribution in [2.45, 2.75) is 43.9 Å². The number of hydrogen-bond donors (Lipinski definition) is 3. The molecule has 2 amide bonds. The summed E-state index contributed by atoms with van der Waals surface area (Å²) < 4.78 is 30.5. The molecular weight excluding hydrogens is 406 g/mol. The smallest absolute Gasteiger partial charge is 0.266 e. The largest absolute Gasteiger partial charge is 0.494 e. The first-order chi connectivity index (χ1) is 14.4. The lowest BCUT2D eigenvalue weighted by Gasteiger charge is -2.10. The molecule has 0 unspecified atom stereocenters.